The van der Waals surface area contributed by atoms with Crippen LogP contribution < -0.4 is 15.5 Å². The number of hydrogen-bond donors (Lipinski definition) is 2. The van der Waals surface area contributed by atoms with Gasteiger partial charge in [0.25, 0.3) is 5.91 Å². The van der Waals surface area contributed by atoms with E-state index in [1.54, 1.807) is 30.3 Å². The molecule has 0 bridgehead atoms. The van der Waals surface area contributed by atoms with Gasteiger partial charge in [-0.15, -0.1) is 0 Å². The van der Waals surface area contributed by atoms with Gasteiger partial charge >= 0.3 is 6.09 Å². The predicted octanol–water partition coefficient (Wildman–Crippen LogP) is 1.79. The van der Waals surface area contributed by atoms with Crippen LogP contribution in [0.1, 0.15) is 15.9 Å². The van der Waals surface area contributed by atoms with Crippen LogP contribution in [0.15, 0.2) is 36.5 Å². The Labute approximate surface area is 142 Å². The predicted molar refractivity (Wildman–Crippen MR) is 89.7 cm³/mol. The number of benzene rings is 1. The topological polar surface area (TPSA) is 101 Å². The second kappa shape index (κ2) is 5.90. The van der Waals surface area contributed by atoms with Crippen LogP contribution in [0.2, 0.25) is 0 Å². The second-order valence-corrected chi connectivity index (χ2v) is 5.68. The fraction of sp³-hybridized carbons (Fsp3) is 0.176. The average molecular weight is 338 g/mol. The third-order valence-corrected chi connectivity index (χ3v) is 4.08. The number of anilines is 3. The van der Waals surface area contributed by atoms with Gasteiger partial charge < -0.3 is 15.4 Å². The maximum atomic E-state index is 12.5. The summed E-state index contributed by atoms with van der Waals surface area (Å²) < 4.78 is 4.87. The molecule has 0 saturated carbocycles. The van der Waals surface area contributed by atoms with Gasteiger partial charge in [0.2, 0.25) is 5.91 Å². The molecule has 8 nitrogen and oxygen atoms in total. The largest absolute Gasteiger partial charge is 0.447 e. The Balaban J connectivity index is 1.51. The van der Waals surface area contributed by atoms with E-state index in [9.17, 15) is 14.4 Å². The maximum Gasteiger partial charge on any atom is 0.415 e. The summed E-state index contributed by atoms with van der Waals surface area (Å²) in [6, 6.07) is 8.47. The van der Waals surface area contributed by atoms with Crippen LogP contribution >= 0.6 is 0 Å². The highest BCUT2D eigenvalue weighted by molar-refractivity contribution is 6.10. The van der Waals surface area contributed by atoms with Crippen molar-refractivity contribution in [3.05, 3.63) is 47.7 Å². The minimum atomic E-state index is -0.429. The molecule has 3 amide bonds. The number of hydrogen-bond acceptors (Lipinski definition) is 5. The number of rotatable bonds is 3. The van der Waals surface area contributed by atoms with Crippen molar-refractivity contribution in [2.75, 3.05) is 28.7 Å². The van der Waals surface area contributed by atoms with E-state index in [0.717, 1.165) is 0 Å². The monoisotopic (exact) mass is 338 g/mol. The van der Waals surface area contributed by atoms with Gasteiger partial charge in [-0.3, -0.25) is 14.5 Å². The van der Waals surface area contributed by atoms with Gasteiger partial charge in [0.05, 0.1) is 24.8 Å². The molecule has 126 valence electrons. The van der Waals surface area contributed by atoms with Gasteiger partial charge in [-0.1, -0.05) is 6.07 Å². The second-order valence-electron chi connectivity index (χ2n) is 5.68. The lowest BCUT2D eigenvalue weighted by Gasteiger charge is -2.12. The third-order valence-electron chi connectivity index (χ3n) is 4.08. The molecule has 1 aromatic carbocycles. The van der Waals surface area contributed by atoms with Crippen LogP contribution in [-0.2, 0) is 16.0 Å². The van der Waals surface area contributed by atoms with Crippen molar-refractivity contribution in [2.24, 2.45) is 0 Å². The van der Waals surface area contributed by atoms with Crippen LogP contribution in [0.3, 0.4) is 0 Å². The van der Waals surface area contributed by atoms with Crippen molar-refractivity contribution in [1.82, 2.24) is 4.98 Å². The van der Waals surface area contributed by atoms with Crippen molar-refractivity contribution in [2.45, 2.75) is 6.42 Å². The van der Waals surface area contributed by atoms with Gasteiger partial charge in [0, 0.05) is 11.3 Å². The van der Waals surface area contributed by atoms with Crippen LogP contribution in [0.25, 0.3) is 0 Å². The number of cyclic esters (lactones) is 1. The van der Waals surface area contributed by atoms with Crippen molar-refractivity contribution in [1.29, 1.82) is 0 Å². The number of fused-ring (bicyclic) bond motifs is 1. The van der Waals surface area contributed by atoms with Crippen molar-refractivity contribution >= 4 is 35.1 Å². The van der Waals surface area contributed by atoms with E-state index in [2.05, 4.69) is 15.6 Å². The first-order valence-corrected chi connectivity index (χ1v) is 7.75. The molecule has 25 heavy (non-hydrogen) atoms. The fourth-order valence-corrected chi connectivity index (χ4v) is 2.88. The highest BCUT2D eigenvalue weighted by atomic mass is 16.6. The van der Waals surface area contributed by atoms with Crippen LogP contribution in [-0.4, -0.2) is 36.0 Å². The smallest absolute Gasteiger partial charge is 0.415 e. The number of amides is 3. The van der Waals surface area contributed by atoms with Crippen LogP contribution in [0.5, 0.6) is 0 Å². The third kappa shape index (κ3) is 2.78. The van der Waals surface area contributed by atoms with E-state index >= 15 is 0 Å². The highest BCUT2D eigenvalue weighted by Gasteiger charge is 2.25. The molecule has 0 aliphatic carbocycles. The van der Waals surface area contributed by atoms with E-state index in [4.69, 9.17) is 4.74 Å². The Kier molecular flexibility index (Phi) is 3.57. The zero-order valence-electron chi connectivity index (χ0n) is 13.1. The highest BCUT2D eigenvalue weighted by Crippen LogP contribution is 2.27. The van der Waals surface area contributed by atoms with E-state index in [0.29, 0.717) is 41.5 Å². The summed E-state index contributed by atoms with van der Waals surface area (Å²) in [5.41, 5.74) is 2.30. The quantitative estimate of drug-likeness (QED) is 0.888. The molecule has 4 rings (SSSR count). The molecule has 2 N–H and O–H groups in total. The molecule has 0 radical (unpaired) electrons. The van der Waals surface area contributed by atoms with Gasteiger partial charge in [0.1, 0.15) is 12.4 Å². The molecule has 0 spiro atoms. The van der Waals surface area contributed by atoms with Gasteiger partial charge in [-0.2, -0.15) is 0 Å². The molecule has 0 unspecified atom stereocenters. The SMILES string of the molecule is O=C1Cc2c(cccc2C(=O)Nc2ccc(N3CCOC3=O)nc2)N1. The number of nitrogens with zero attached hydrogens (tertiary/aromatic N) is 2. The molecule has 2 aromatic rings. The van der Waals surface area contributed by atoms with Crippen molar-refractivity contribution in [3.8, 4) is 0 Å². The average Bonchev–Trinajstić information content (AvgIpc) is 3.19. The number of ether oxygens (including phenoxy) is 1. The molecule has 3 heterocycles. The lowest BCUT2D eigenvalue weighted by atomic mass is 10.0. The minimum Gasteiger partial charge on any atom is -0.447 e. The first-order valence-electron chi connectivity index (χ1n) is 7.75. The summed E-state index contributed by atoms with van der Waals surface area (Å²) in [5, 5.41) is 5.48. The summed E-state index contributed by atoms with van der Waals surface area (Å²) in [5.74, 6) is 0.0261. The molecule has 1 aromatic heterocycles. The molecule has 0 atom stereocenters. The first-order chi connectivity index (χ1) is 12.1. The van der Waals surface area contributed by atoms with E-state index in [1.165, 1.54) is 11.1 Å². The standard InChI is InChI=1S/C17H14N4O4/c22-15-8-12-11(2-1-3-13(12)20-15)16(23)19-10-4-5-14(18-9-10)21-6-7-25-17(21)24/h1-5,9H,6-8H2,(H,19,23)(H,20,22). The Morgan fingerprint density at radius 2 is 2.12 bits per heavy atom. The number of nitrogens with one attached hydrogen (secondary N) is 2. The zero-order chi connectivity index (χ0) is 17.4. The fourth-order valence-electron chi connectivity index (χ4n) is 2.88. The maximum absolute atomic E-state index is 12.5. The molecule has 8 heteroatoms. The number of pyridine rings is 1. The lowest BCUT2D eigenvalue weighted by Crippen LogP contribution is -2.24. The summed E-state index contributed by atoms with van der Waals surface area (Å²) in [7, 11) is 0. The Morgan fingerprint density at radius 1 is 1.24 bits per heavy atom. The van der Waals surface area contributed by atoms with E-state index < -0.39 is 6.09 Å². The molecule has 2 aliphatic rings. The summed E-state index contributed by atoms with van der Waals surface area (Å²) in [6.07, 6.45) is 1.24. The Morgan fingerprint density at radius 3 is 2.84 bits per heavy atom. The van der Waals surface area contributed by atoms with Crippen molar-refractivity contribution < 1.29 is 19.1 Å². The number of carbonyl (C=O) groups is 3. The summed E-state index contributed by atoms with van der Waals surface area (Å²) in [6.45, 7) is 0.791. The van der Waals surface area contributed by atoms with Gasteiger partial charge in [-0.25, -0.2) is 9.78 Å². The molecule has 2 aliphatic heterocycles. The van der Waals surface area contributed by atoms with E-state index in [1.807, 2.05) is 0 Å². The van der Waals surface area contributed by atoms with Gasteiger partial charge in [-0.05, 0) is 29.8 Å². The molecular formula is C17H14N4O4. The Bertz CT molecular complexity index is 879. The first kappa shape index (κ1) is 15.1. The molecule has 1 fully saturated rings. The molecular weight excluding hydrogens is 324 g/mol. The number of carbonyl (C=O) groups excluding carboxylic acids is 3. The van der Waals surface area contributed by atoms with Crippen LogP contribution in [0.4, 0.5) is 22.0 Å². The minimum absolute atomic E-state index is 0.126. The van der Waals surface area contributed by atoms with E-state index in [-0.39, 0.29) is 18.2 Å². The van der Waals surface area contributed by atoms with Crippen molar-refractivity contribution in [3.63, 3.8) is 0 Å². The lowest BCUT2D eigenvalue weighted by molar-refractivity contribution is -0.115. The van der Waals surface area contributed by atoms with Crippen LogP contribution in [0, 0.1) is 0 Å². The summed E-state index contributed by atoms with van der Waals surface area (Å²) in [4.78, 5) is 41.2. The zero-order valence-corrected chi connectivity index (χ0v) is 13.1. The summed E-state index contributed by atoms with van der Waals surface area (Å²) >= 11 is 0. The number of aromatic nitrogens is 1. The van der Waals surface area contributed by atoms with Gasteiger partial charge in [0.15, 0.2) is 0 Å². The Hall–Kier alpha value is -3.42. The molecule has 1 saturated heterocycles. The normalized spacial score (nSPS) is 15.6.